The maximum Gasteiger partial charge on any atom is 0.327 e. The minimum Gasteiger partial charge on any atom is -0.392 e. The number of carbonyl (C=O) groups is 1. The van der Waals surface area contributed by atoms with Crippen LogP contribution < -0.4 is 27.0 Å². The Bertz CT molecular complexity index is 1020. The average Bonchev–Trinajstić information content (AvgIpc) is 3.28. The lowest BCUT2D eigenvalue weighted by Gasteiger charge is -2.29. The summed E-state index contributed by atoms with van der Waals surface area (Å²) < 4.78 is 0. The van der Waals surface area contributed by atoms with E-state index in [9.17, 15) is 9.90 Å². The zero-order chi connectivity index (χ0) is 23.9. The first-order chi connectivity index (χ1) is 16.6. The zero-order valence-electron chi connectivity index (χ0n) is 19.4. The average molecular weight is 463 g/mol. The van der Waals surface area contributed by atoms with E-state index in [0.717, 1.165) is 60.6 Å². The molecule has 0 saturated carbocycles. The Hall–Kier alpha value is -3.17. The highest BCUT2D eigenvalue weighted by molar-refractivity contribution is 5.96. The number of hydrogen-bond donors (Lipinski definition) is 5. The summed E-state index contributed by atoms with van der Waals surface area (Å²) >= 11 is 0. The summed E-state index contributed by atoms with van der Waals surface area (Å²) in [6, 6.07) is 15.7. The smallest absolute Gasteiger partial charge is 0.327 e. The fourth-order valence-corrected chi connectivity index (χ4v) is 4.23. The van der Waals surface area contributed by atoms with Gasteiger partial charge in [0, 0.05) is 24.0 Å². The number of urea groups is 1. The van der Waals surface area contributed by atoms with E-state index < -0.39 is 0 Å². The van der Waals surface area contributed by atoms with Gasteiger partial charge in [-0.05, 0) is 73.9 Å². The Morgan fingerprint density at radius 2 is 1.56 bits per heavy atom. The lowest BCUT2D eigenvalue weighted by molar-refractivity contribution is 0.244. The third-order valence-electron chi connectivity index (χ3n) is 6.13. The molecule has 8 heteroatoms. The zero-order valence-corrected chi connectivity index (χ0v) is 19.4. The number of anilines is 1. The van der Waals surface area contributed by atoms with Gasteiger partial charge in [-0.15, -0.1) is 0 Å². The lowest BCUT2D eigenvalue weighted by Crippen LogP contribution is -2.51. The first-order valence-corrected chi connectivity index (χ1v) is 11.8. The van der Waals surface area contributed by atoms with Crippen LogP contribution in [0.3, 0.4) is 0 Å². The molecular weight excluding hydrogens is 428 g/mol. The van der Waals surface area contributed by atoms with Crippen LogP contribution in [0.4, 0.5) is 10.5 Å². The van der Waals surface area contributed by atoms with Gasteiger partial charge in [-0.2, -0.15) is 0 Å². The molecule has 4 rings (SSSR count). The summed E-state index contributed by atoms with van der Waals surface area (Å²) in [6.07, 6.45) is 5.59. The van der Waals surface area contributed by atoms with Crippen molar-refractivity contribution in [1.82, 2.24) is 15.5 Å². The van der Waals surface area contributed by atoms with Gasteiger partial charge in [-0.3, -0.25) is 9.80 Å². The topological polar surface area (TPSA) is 120 Å². The fraction of sp³-hybridized carbons (Fsp3) is 0.346. The van der Waals surface area contributed by atoms with Crippen molar-refractivity contribution >= 4 is 17.4 Å². The predicted molar refractivity (Wildman–Crippen MR) is 135 cm³/mol. The molecule has 0 spiro atoms. The molecule has 1 unspecified atom stereocenters. The molecule has 2 aliphatic rings. The van der Waals surface area contributed by atoms with Crippen molar-refractivity contribution in [2.75, 3.05) is 31.1 Å². The van der Waals surface area contributed by atoms with Crippen LogP contribution in [-0.2, 0) is 13.2 Å². The molecule has 180 valence electrons. The third kappa shape index (κ3) is 5.66. The van der Waals surface area contributed by atoms with E-state index in [1.807, 2.05) is 48.7 Å². The standard InChI is InChI=1S/C26H34N6O2/c27-11-1-13-31(14-2-12-28)16-19-5-9-23(10-6-19)32-17-22-15-24(29-25(22)30-26(32)34)21-7-3-20(18-33)4-8-21/h3-10,15,17,25,29,33H,1-2,11-14,16,18,27-28H2,(H,30,34). The number of amides is 2. The molecule has 1 atom stereocenters. The number of nitrogens with zero attached hydrogens (tertiary/aromatic N) is 2. The number of aliphatic hydroxyl groups is 1. The largest absolute Gasteiger partial charge is 0.392 e. The molecular formula is C26H34N6O2. The number of nitrogens with two attached hydrogens (primary N) is 2. The van der Waals surface area contributed by atoms with Crippen molar-refractivity contribution in [2.45, 2.75) is 32.2 Å². The lowest BCUT2D eigenvalue weighted by atomic mass is 10.1. The number of fused-ring (bicyclic) bond motifs is 1. The summed E-state index contributed by atoms with van der Waals surface area (Å²) in [5, 5.41) is 15.6. The normalized spacial score (nSPS) is 17.2. The fourth-order valence-electron chi connectivity index (χ4n) is 4.23. The SMILES string of the molecule is NCCCN(CCCN)Cc1ccc(N2C=C3C=C(c4ccc(CO)cc4)NC3NC2=O)cc1. The van der Waals surface area contributed by atoms with E-state index in [1.54, 1.807) is 4.90 Å². The van der Waals surface area contributed by atoms with Gasteiger partial charge in [0.15, 0.2) is 0 Å². The van der Waals surface area contributed by atoms with Crippen molar-refractivity contribution < 1.29 is 9.90 Å². The van der Waals surface area contributed by atoms with E-state index in [2.05, 4.69) is 27.7 Å². The molecule has 0 radical (unpaired) electrons. The van der Waals surface area contributed by atoms with Gasteiger partial charge in [-0.25, -0.2) is 4.79 Å². The van der Waals surface area contributed by atoms with E-state index >= 15 is 0 Å². The summed E-state index contributed by atoms with van der Waals surface area (Å²) in [5.41, 5.74) is 17.2. The van der Waals surface area contributed by atoms with Crippen LogP contribution in [0.5, 0.6) is 0 Å². The van der Waals surface area contributed by atoms with E-state index in [-0.39, 0.29) is 18.8 Å². The number of hydrogen-bond acceptors (Lipinski definition) is 6. The maximum atomic E-state index is 12.8. The minimum atomic E-state index is -0.255. The Morgan fingerprint density at radius 3 is 2.18 bits per heavy atom. The van der Waals surface area contributed by atoms with Crippen molar-refractivity contribution in [3.05, 3.63) is 83.1 Å². The van der Waals surface area contributed by atoms with Gasteiger partial charge >= 0.3 is 6.03 Å². The van der Waals surface area contributed by atoms with Crippen LogP contribution in [0.2, 0.25) is 0 Å². The van der Waals surface area contributed by atoms with Crippen LogP contribution in [0.15, 0.2) is 66.4 Å². The van der Waals surface area contributed by atoms with Crippen LogP contribution >= 0.6 is 0 Å². The van der Waals surface area contributed by atoms with Crippen LogP contribution in [0, 0.1) is 0 Å². The van der Waals surface area contributed by atoms with Gasteiger partial charge in [-0.1, -0.05) is 36.4 Å². The number of carbonyl (C=O) groups excluding carboxylic acids is 1. The predicted octanol–water partition coefficient (Wildman–Crippen LogP) is 2.06. The highest BCUT2D eigenvalue weighted by Crippen LogP contribution is 2.28. The van der Waals surface area contributed by atoms with Gasteiger partial charge in [0.1, 0.15) is 6.17 Å². The molecule has 0 aliphatic carbocycles. The van der Waals surface area contributed by atoms with Crippen molar-refractivity contribution in [3.8, 4) is 0 Å². The third-order valence-corrected chi connectivity index (χ3v) is 6.13. The molecule has 2 aromatic carbocycles. The second kappa shape index (κ2) is 11.3. The Labute approximate surface area is 200 Å². The molecule has 0 fully saturated rings. The highest BCUT2D eigenvalue weighted by Gasteiger charge is 2.31. The van der Waals surface area contributed by atoms with Gasteiger partial charge in [0.05, 0.1) is 12.3 Å². The van der Waals surface area contributed by atoms with Gasteiger partial charge in [0.25, 0.3) is 0 Å². The molecule has 0 aromatic heterocycles. The molecule has 2 heterocycles. The molecule has 8 nitrogen and oxygen atoms in total. The van der Waals surface area contributed by atoms with Crippen LogP contribution in [0.25, 0.3) is 5.70 Å². The molecule has 7 N–H and O–H groups in total. The second-order valence-electron chi connectivity index (χ2n) is 8.67. The molecule has 0 saturated heterocycles. The Kier molecular flexibility index (Phi) is 7.97. The number of rotatable bonds is 11. The molecule has 34 heavy (non-hydrogen) atoms. The van der Waals surface area contributed by atoms with Crippen molar-refractivity contribution in [3.63, 3.8) is 0 Å². The van der Waals surface area contributed by atoms with Gasteiger partial charge < -0.3 is 27.2 Å². The van der Waals surface area contributed by atoms with Crippen molar-refractivity contribution in [2.24, 2.45) is 11.5 Å². The maximum absolute atomic E-state index is 12.8. The summed E-state index contributed by atoms with van der Waals surface area (Å²) in [5.74, 6) is 0. The number of nitrogens with one attached hydrogen (secondary N) is 2. The Morgan fingerprint density at radius 1 is 0.912 bits per heavy atom. The summed E-state index contributed by atoms with van der Waals surface area (Å²) in [4.78, 5) is 16.8. The van der Waals surface area contributed by atoms with Crippen molar-refractivity contribution in [1.29, 1.82) is 0 Å². The van der Waals surface area contributed by atoms with Crippen LogP contribution in [-0.4, -0.2) is 48.4 Å². The number of aliphatic hydroxyl groups excluding tert-OH is 1. The first kappa shape index (κ1) is 24.0. The minimum absolute atomic E-state index is 0.0176. The van der Waals surface area contributed by atoms with E-state index in [4.69, 9.17) is 11.5 Å². The van der Waals surface area contributed by atoms with E-state index in [1.165, 1.54) is 5.56 Å². The quantitative estimate of drug-likeness (QED) is 0.349. The summed E-state index contributed by atoms with van der Waals surface area (Å²) in [6.45, 7) is 4.10. The number of benzene rings is 2. The molecule has 0 bridgehead atoms. The van der Waals surface area contributed by atoms with Crippen LogP contribution in [0.1, 0.15) is 29.5 Å². The second-order valence-corrected chi connectivity index (χ2v) is 8.67. The highest BCUT2D eigenvalue weighted by atomic mass is 16.3. The summed E-state index contributed by atoms with van der Waals surface area (Å²) in [7, 11) is 0. The monoisotopic (exact) mass is 462 g/mol. The first-order valence-electron chi connectivity index (χ1n) is 11.8. The molecule has 2 amide bonds. The van der Waals surface area contributed by atoms with E-state index in [0.29, 0.717) is 13.1 Å². The van der Waals surface area contributed by atoms with Gasteiger partial charge in [0.2, 0.25) is 0 Å². The Balaban J connectivity index is 1.46. The molecule has 2 aliphatic heterocycles. The molecule has 2 aromatic rings.